The quantitative estimate of drug-likeness (QED) is 0.672. The topological polar surface area (TPSA) is 77.1 Å². The van der Waals surface area contributed by atoms with E-state index in [-0.39, 0.29) is 30.9 Å². The van der Waals surface area contributed by atoms with E-state index in [0.717, 1.165) is 23.1 Å². The van der Waals surface area contributed by atoms with Gasteiger partial charge in [0.25, 0.3) is 0 Å². The molecule has 0 saturated carbocycles. The van der Waals surface area contributed by atoms with E-state index in [2.05, 4.69) is 5.32 Å². The van der Waals surface area contributed by atoms with Gasteiger partial charge >= 0.3 is 5.97 Å². The van der Waals surface area contributed by atoms with Crippen molar-refractivity contribution in [3.63, 3.8) is 0 Å². The third-order valence-corrected chi connectivity index (χ3v) is 5.38. The average Bonchev–Trinajstić information content (AvgIpc) is 2.78. The first-order chi connectivity index (χ1) is 14.5. The number of ether oxygens (including phenoxy) is 3. The molecule has 0 spiro atoms. The van der Waals surface area contributed by atoms with Gasteiger partial charge in [-0.2, -0.15) is 0 Å². The second kappa shape index (κ2) is 10.1. The number of nitrogens with zero attached hydrogens (tertiary/aromatic N) is 1. The second-order valence-corrected chi connectivity index (χ2v) is 7.18. The highest BCUT2D eigenvalue weighted by atomic mass is 16.5. The minimum absolute atomic E-state index is 0.0855. The molecule has 1 aliphatic heterocycles. The minimum atomic E-state index is -0.322. The van der Waals surface area contributed by atoms with Gasteiger partial charge in [0.05, 0.1) is 34.3 Å². The van der Waals surface area contributed by atoms with Gasteiger partial charge in [-0.15, -0.1) is 0 Å². The lowest BCUT2D eigenvalue weighted by Gasteiger charge is -2.36. The van der Waals surface area contributed by atoms with E-state index in [1.54, 1.807) is 14.2 Å². The number of methoxy groups -OCH3 is 3. The van der Waals surface area contributed by atoms with Gasteiger partial charge in [0, 0.05) is 19.1 Å². The summed E-state index contributed by atoms with van der Waals surface area (Å²) in [6.07, 6.45) is 0.907. The smallest absolute Gasteiger partial charge is 0.307 e. The third kappa shape index (κ3) is 5.10. The van der Waals surface area contributed by atoms with Crippen molar-refractivity contribution in [1.29, 1.82) is 0 Å². The molecule has 0 aromatic heterocycles. The van der Waals surface area contributed by atoms with Crippen LogP contribution in [0.25, 0.3) is 0 Å². The second-order valence-electron chi connectivity index (χ2n) is 7.18. The molecule has 2 aromatic carbocycles. The Morgan fingerprint density at radius 1 is 1.07 bits per heavy atom. The van der Waals surface area contributed by atoms with Gasteiger partial charge in [-0.1, -0.05) is 30.3 Å². The Balaban J connectivity index is 1.78. The lowest BCUT2D eigenvalue weighted by molar-refractivity contribution is -0.142. The van der Waals surface area contributed by atoms with E-state index >= 15 is 0 Å². The van der Waals surface area contributed by atoms with Crippen LogP contribution < -0.4 is 14.8 Å². The van der Waals surface area contributed by atoms with Crippen LogP contribution in [0, 0.1) is 0 Å². The standard InChI is InChI=1S/C23H28N2O5/c1-28-20-11-17-9-10-25(15-22(26)24-14-16-7-5-4-6-8-16)19(13-23(27)30-3)18(17)12-21(20)29-2/h4-8,11-12,19H,9-10,13-15H2,1-3H3,(H,24,26)/t19-/m1/s1. The summed E-state index contributed by atoms with van der Waals surface area (Å²) in [4.78, 5) is 26.7. The zero-order valence-corrected chi connectivity index (χ0v) is 17.6. The SMILES string of the molecule is COC(=O)C[C@@H]1c2cc(OC)c(OC)cc2CCN1CC(=O)NCc1ccccc1. The van der Waals surface area contributed by atoms with Crippen LogP contribution in [0.15, 0.2) is 42.5 Å². The molecule has 2 aromatic rings. The van der Waals surface area contributed by atoms with Gasteiger partial charge in [-0.25, -0.2) is 0 Å². The normalized spacial score (nSPS) is 15.8. The molecule has 1 amide bonds. The van der Waals surface area contributed by atoms with Crippen molar-refractivity contribution < 1.29 is 23.8 Å². The summed E-state index contributed by atoms with van der Waals surface area (Å²) in [5.41, 5.74) is 3.08. The van der Waals surface area contributed by atoms with Crippen molar-refractivity contribution in [2.24, 2.45) is 0 Å². The van der Waals surface area contributed by atoms with E-state index in [1.165, 1.54) is 7.11 Å². The first-order valence-electron chi connectivity index (χ1n) is 9.92. The van der Waals surface area contributed by atoms with Crippen LogP contribution in [0.3, 0.4) is 0 Å². The minimum Gasteiger partial charge on any atom is -0.493 e. The number of benzene rings is 2. The predicted octanol–water partition coefficient (Wildman–Crippen LogP) is 2.48. The maximum absolute atomic E-state index is 12.6. The summed E-state index contributed by atoms with van der Waals surface area (Å²) in [6.45, 7) is 1.32. The van der Waals surface area contributed by atoms with E-state index in [9.17, 15) is 9.59 Å². The summed E-state index contributed by atoms with van der Waals surface area (Å²) in [6, 6.07) is 13.3. The molecule has 1 aliphatic rings. The Hall–Kier alpha value is -3.06. The van der Waals surface area contributed by atoms with Crippen molar-refractivity contribution >= 4 is 11.9 Å². The maximum atomic E-state index is 12.6. The number of amides is 1. The fraction of sp³-hybridized carbons (Fsp3) is 0.391. The number of carbonyl (C=O) groups excluding carboxylic acids is 2. The number of hydrogen-bond donors (Lipinski definition) is 1. The predicted molar refractivity (Wildman–Crippen MR) is 112 cm³/mol. The molecule has 0 fully saturated rings. The molecular weight excluding hydrogens is 384 g/mol. The van der Waals surface area contributed by atoms with Gasteiger partial charge in [-0.3, -0.25) is 14.5 Å². The van der Waals surface area contributed by atoms with Crippen LogP contribution in [-0.4, -0.2) is 51.2 Å². The Morgan fingerprint density at radius 2 is 1.77 bits per heavy atom. The van der Waals surface area contributed by atoms with Gasteiger partial charge < -0.3 is 19.5 Å². The summed E-state index contributed by atoms with van der Waals surface area (Å²) in [5.74, 6) is 0.846. The number of carbonyl (C=O) groups is 2. The van der Waals surface area contributed by atoms with Crippen LogP contribution in [0.4, 0.5) is 0 Å². The van der Waals surface area contributed by atoms with Crippen molar-refractivity contribution in [3.8, 4) is 11.5 Å². The molecule has 1 N–H and O–H groups in total. The zero-order valence-electron chi connectivity index (χ0n) is 17.6. The molecule has 0 saturated heterocycles. The van der Waals surface area contributed by atoms with Crippen LogP contribution in [-0.2, 0) is 27.3 Å². The van der Waals surface area contributed by atoms with Crippen LogP contribution >= 0.6 is 0 Å². The molecule has 0 unspecified atom stereocenters. The van der Waals surface area contributed by atoms with Gasteiger partial charge in [0.1, 0.15) is 0 Å². The summed E-state index contributed by atoms with van der Waals surface area (Å²) < 4.78 is 15.8. The Bertz CT molecular complexity index is 885. The number of hydrogen-bond acceptors (Lipinski definition) is 6. The number of rotatable bonds is 8. The van der Waals surface area contributed by atoms with Crippen molar-refractivity contribution in [3.05, 3.63) is 59.2 Å². The van der Waals surface area contributed by atoms with E-state index < -0.39 is 0 Å². The number of esters is 1. The highest BCUT2D eigenvalue weighted by molar-refractivity contribution is 5.78. The van der Waals surface area contributed by atoms with Crippen molar-refractivity contribution in [1.82, 2.24) is 10.2 Å². The first-order valence-corrected chi connectivity index (χ1v) is 9.92. The highest BCUT2D eigenvalue weighted by Crippen LogP contribution is 2.39. The Labute approximate surface area is 176 Å². The maximum Gasteiger partial charge on any atom is 0.307 e. The summed E-state index contributed by atoms with van der Waals surface area (Å²) >= 11 is 0. The average molecular weight is 412 g/mol. The molecule has 1 heterocycles. The van der Waals surface area contributed by atoms with Crippen molar-refractivity contribution in [2.75, 3.05) is 34.4 Å². The molecule has 3 rings (SSSR count). The highest BCUT2D eigenvalue weighted by Gasteiger charge is 2.32. The lowest BCUT2D eigenvalue weighted by atomic mass is 9.90. The van der Waals surface area contributed by atoms with E-state index in [4.69, 9.17) is 14.2 Å². The molecule has 0 radical (unpaired) electrons. The Morgan fingerprint density at radius 3 is 2.43 bits per heavy atom. The largest absolute Gasteiger partial charge is 0.493 e. The summed E-state index contributed by atoms with van der Waals surface area (Å²) in [7, 11) is 4.55. The van der Waals surface area contributed by atoms with Crippen LogP contribution in [0.5, 0.6) is 11.5 Å². The Kier molecular flexibility index (Phi) is 7.30. The van der Waals surface area contributed by atoms with Gasteiger partial charge in [0.15, 0.2) is 11.5 Å². The molecule has 7 nitrogen and oxygen atoms in total. The molecule has 7 heteroatoms. The first kappa shape index (κ1) is 21.6. The monoisotopic (exact) mass is 412 g/mol. The summed E-state index contributed by atoms with van der Waals surface area (Å²) in [5, 5.41) is 2.96. The number of nitrogens with one attached hydrogen (secondary N) is 1. The molecular formula is C23H28N2O5. The van der Waals surface area contributed by atoms with Gasteiger partial charge in [0.2, 0.25) is 5.91 Å². The zero-order chi connectivity index (χ0) is 21.5. The number of fused-ring (bicyclic) bond motifs is 1. The fourth-order valence-electron chi connectivity index (χ4n) is 3.79. The van der Waals surface area contributed by atoms with Crippen molar-refractivity contribution in [2.45, 2.75) is 25.4 Å². The third-order valence-electron chi connectivity index (χ3n) is 5.38. The van der Waals surface area contributed by atoms with E-state index in [1.807, 2.05) is 47.4 Å². The lowest BCUT2D eigenvalue weighted by Crippen LogP contribution is -2.43. The molecule has 160 valence electrons. The molecule has 0 bridgehead atoms. The molecule has 30 heavy (non-hydrogen) atoms. The molecule has 1 atom stereocenters. The van der Waals surface area contributed by atoms with Crippen LogP contribution in [0.2, 0.25) is 0 Å². The van der Waals surface area contributed by atoms with E-state index in [0.29, 0.717) is 24.6 Å². The fourth-order valence-corrected chi connectivity index (χ4v) is 3.79. The van der Waals surface area contributed by atoms with Crippen LogP contribution in [0.1, 0.15) is 29.2 Å². The molecule has 0 aliphatic carbocycles. The van der Waals surface area contributed by atoms with Gasteiger partial charge in [-0.05, 0) is 35.2 Å².